The van der Waals surface area contributed by atoms with Gasteiger partial charge in [-0.2, -0.15) is 13.2 Å². The van der Waals surface area contributed by atoms with Gasteiger partial charge in [0, 0.05) is 16.9 Å². The lowest BCUT2D eigenvalue weighted by molar-refractivity contribution is -0.137. The van der Waals surface area contributed by atoms with Crippen LogP contribution in [0.25, 0.3) is 11.3 Å². The molecule has 0 saturated heterocycles. The Labute approximate surface area is 151 Å². The van der Waals surface area contributed by atoms with Gasteiger partial charge < -0.3 is 4.57 Å². The Morgan fingerprint density at radius 3 is 2.48 bits per heavy atom. The van der Waals surface area contributed by atoms with E-state index in [0.29, 0.717) is 16.4 Å². The van der Waals surface area contributed by atoms with Gasteiger partial charge in [0.05, 0.1) is 16.9 Å². The molecule has 2 nitrogen and oxygen atoms in total. The number of thiazole rings is 1. The maximum Gasteiger partial charge on any atom is 0.416 e. The summed E-state index contributed by atoms with van der Waals surface area (Å²) in [6, 6.07) is 12.5. The molecule has 0 aliphatic heterocycles. The highest BCUT2D eigenvalue weighted by Crippen LogP contribution is 2.31. The highest BCUT2D eigenvalue weighted by Gasteiger charge is 2.30. The van der Waals surface area contributed by atoms with E-state index in [4.69, 9.17) is 11.6 Å². The van der Waals surface area contributed by atoms with Gasteiger partial charge in [-0.15, -0.1) is 11.3 Å². The number of hydrogen-bond donors (Lipinski definition) is 0. The van der Waals surface area contributed by atoms with E-state index in [9.17, 15) is 13.2 Å². The van der Waals surface area contributed by atoms with Crippen molar-refractivity contribution in [2.24, 2.45) is 4.99 Å². The molecule has 3 aromatic rings. The molecule has 25 heavy (non-hydrogen) atoms. The molecule has 0 aliphatic carbocycles. The minimum absolute atomic E-state index is 0.279. The van der Waals surface area contributed by atoms with Gasteiger partial charge in [0.25, 0.3) is 0 Å². The number of rotatable bonds is 3. The third-order valence-electron chi connectivity index (χ3n) is 3.65. The van der Waals surface area contributed by atoms with E-state index in [1.165, 1.54) is 17.4 Å². The molecule has 0 saturated carbocycles. The van der Waals surface area contributed by atoms with Crippen molar-refractivity contribution >= 4 is 28.6 Å². The first-order chi connectivity index (χ1) is 11.9. The summed E-state index contributed by atoms with van der Waals surface area (Å²) in [7, 11) is 0. The summed E-state index contributed by atoms with van der Waals surface area (Å²) in [5.74, 6) is 0. The zero-order valence-corrected chi connectivity index (χ0v) is 14.8. The average Bonchev–Trinajstić information content (AvgIpc) is 2.97. The molecule has 0 bridgehead atoms. The summed E-state index contributed by atoms with van der Waals surface area (Å²) < 4.78 is 40.5. The number of aromatic nitrogens is 1. The second-order valence-electron chi connectivity index (χ2n) is 5.31. The van der Waals surface area contributed by atoms with E-state index in [2.05, 4.69) is 4.99 Å². The van der Waals surface area contributed by atoms with Crippen LogP contribution >= 0.6 is 22.9 Å². The predicted octanol–water partition coefficient (Wildman–Crippen LogP) is 6.14. The molecule has 7 heteroatoms. The van der Waals surface area contributed by atoms with Gasteiger partial charge >= 0.3 is 6.18 Å². The second-order valence-corrected chi connectivity index (χ2v) is 6.59. The number of halogens is 4. The molecule has 1 heterocycles. The van der Waals surface area contributed by atoms with Crippen LogP contribution < -0.4 is 4.80 Å². The second kappa shape index (κ2) is 7.06. The van der Waals surface area contributed by atoms with Gasteiger partial charge in [-0.1, -0.05) is 29.8 Å². The fourth-order valence-electron chi connectivity index (χ4n) is 2.44. The van der Waals surface area contributed by atoms with Crippen LogP contribution in [-0.2, 0) is 12.7 Å². The van der Waals surface area contributed by atoms with Crippen LogP contribution in [-0.4, -0.2) is 4.57 Å². The molecule has 0 N–H and O–H groups in total. The molecule has 0 aliphatic rings. The standard InChI is InChI=1S/C18H14ClF3N2S/c1-2-24-16(12-6-8-14(19)9-7-12)11-25-17(24)23-15-5-3-4-13(10-15)18(20,21)22/h3-11H,2H2,1H3. The molecule has 1 aromatic heterocycles. The van der Waals surface area contributed by atoms with Crippen molar-refractivity contribution in [1.82, 2.24) is 4.57 Å². The summed E-state index contributed by atoms with van der Waals surface area (Å²) in [5, 5.41) is 2.59. The number of benzene rings is 2. The van der Waals surface area contributed by atoms with Crippen molar-refractivity contribution in [3.8, 4) is 11.3 Å². The number of hydrogen-bond acceptors (Lipinski definition) is 2. The fourth-order valence-corrected chi connectivity index (χ4v) is 3.56. The van der Waals surface area contributed by atoms with Crippen LogP contribution in [0.2, 0.25) is 5.02 Å². The van der Waals surface area contributed by atoms with Crippen molar-refractivity contribution in [2.45, 2.75) is 19.6 Å². The Kier molecular flexibility index (Phi) is 5.01. The molecular weight excluding hydrogens is 369 g/mol. The van der Waals surface area contributed by atoms with Gasteiger partial charge in [0.15, 0.2) is 4.80 Å². The average molecular weight is 383 g/mol. The van der Waals surface area contributed by atoms with E-state index in [1.807, 2.05) is 29.0 Å². The van der Waals surface area contributed by atoms with Crippen molar-refractivity contribution < 1.29 is 13.2 Å². The number of alkyl halides is 3. The Balaban J connectivity index is 2.06. The van der Waals surface area contributed by atoms with Crippen LogP contribution in [0.3, 0.4) is 0 Å². The van der Waals surface area contributed by atoms with Crippen LogP contribution in [0.4, 0.5) is 18.9 Å². The Bertz CT molecular complexity index is 940. The molecule has 0 radical (unpaired) electrons. The lowest BCUT2D eigenvalue weighted by Gasteiger charge is -2.07. The summed E-state index contributed by atoms with van der Waals surface area (Å²) in [5.41, 5.74) is 1.51. The molecule has 0 unspecified atom stereocenters. The van der Waals surface area contributed by atoms with Gasteiger partial charge in [-0.05, 0) is 42.8 Å². The quantitative estimate of drug-likeness (QED) is 0.517. The molecular formula is C18H14ClF3N2S. The molecule has 0 spiro atoms. The smallest absolute Gasteiger partial charge is 0.317 e. The summed E-state index contributed by atoms with van der Waals surface area (Å²) >= 11 is 7.31. The van der Waals surface area contributed by atoms with Gasteiger partial charge in [-0.25, -0.2) is 4.99 Å². The summed E-state index contributed by atoms with van der Waals surface area (Å²) in [6.07, 6.45) is -4.38. The molecule has 2 aromatic carbocycles. The maximum absolute atomic E-state index is 12.9. The zero-order valence-electron chi connectivity index (χ0n) is 13.2. The van der Waals surface area contributed by atoms with E-state index >= 15 is 0 Å². The number of nitrogens with zero attached hydrogens (tertiary/aromatic N) is 2. The summed E-state index contributed by atoms with van der Waals surface area (Å²) in [4.78, 5) is 5.05. The molecule has 0 amide bonds. The van der Waals surface area contributed by atoms with Crippen LogP contribution in [0.15, 0.2) is 58.9 Å². The molecule has 0 atom stereocenters. The molecule has 3 rings (SSSR count). The van der Waals surface area contributed by atoms with Gasteiger partial charge in [-0.3, -0.25) is 0 Å². The lowest BCUT2D eigenvalue weighted by Crippen LogP contribution is -2.14. The molecule has 130 valence electrons. The maximum atomic E-state index is 12.9. The lowest BCUT2D eigenvalue weighted by atomic mass is 10.2. The van der Waals surface area contributed by atoms with Crippen molar-refractivity contribution in [3.05, 3.63) is 69.3 Å². The SMILES string of the molecule is CCn1c(-c2ccc(Cl)cc2)csc1=Nc1cccc(C(F)(F)F)c1. The van der Waals surface area contributed by atoms with E-state index in [1.54, 1.807) is 18.2 Å². The molecule has 0 fully saturated rings. The Morgan fingerprint density at radius 1 is 1.12 bits per heavy atom. The van der Waals surface area contributed by atoms with Crippen LogP contribution in [0.1, 0.15) is 12.5 Å². The van der Waals surface area contributed by atoms with Crippen molar-refractivity contribution in [2.75, 3.05) is 0 Å². The van der Waals surface area contributed by atoms with Crippen LogP contribution in [0.5, 0.6) is 0 Å². The summed E-state index contributed by atoms with van der Waals surface area (Å²) in [6.45, 7) is 2.62. The minimum Gasteiger partial charge on any atom is -0.317 e. The monoisotopic (exact) mass is 382 g/mol. The van der Waals surface area contributed by atoms with E-state index in [-0.39, 0.29) is 5.69 Å². The fraction of sp³-hybridized carbons (Fsp3) is 0.167. The normalized spacial score (nSPS) is 12.6. The predicted molar refractivity (Wildman–Crippen MR) is 95.1 cm³/mol. The van der Waals surface area contributed by atoms with Gasteiger partial charge in [0.2, 0.25) is 0 Å². The minimum atomic E-state index is -4.38. The van der Waals surface area contributed by atoms with Crippen LogP contribution in [0, 0.1) is 0 Å². The van der Waals surface area contributed by atoms with Gasteiger partial charge in [0.1, 0.15) is 0 Å². The Morgan fingerprint density at radius 2 is 1.84 bits per heavy atom. The van der Waals surface area contributed by atoms with E-state index < -0.39 is 11.7 Å². The first kappa shape index (κ1) is 17.8. The van der Waals surface area contributed by atoms with Crippen molar-refractivity contribution in [1.29, 1.82) is 0 Å². The highest BCUT2D eigenvalue weighted by atomic mass is 35.5. The Hall–Kier alpha value is -2.05. The van der Waals surface area contributed by atoms with Crippen molar-refractivity contribution in [3.63, 3.8) is 0 Å². The first-order valence-electron chi connectivity index (χ1n) is 7.54. The zero-order chi connectivity index (χ0) is 18.0. The topological polar surface area (TPSA) is 17.3 Å². The third kappa shape index (κ3) is 3.96. The first-order valence-corrected chi connectivity index (χ1v) is 8.80. The largest absolute Gasteiger partial charge is 0.416 e. The third-order valence-corrected chi connectivity index (χ3v) is 4.77. The van der Waals surface area contributed by atoms with E-state index in [0.717, 1.165) is 23.4 Å². The highest BCUT2D eigenvalue weighted by molar-refractivity contribution is 7.07.